The number of hydrogen-bond acceptors (Lipinski definition) is 5. The number of nitrogens with one attached hydrogen (secondary N) is 2. The lowest BCUT2D eigenvalue weighted by Gasteiger charge is -2.13. The highest BCUT2D eigenvalue weighted by Crippen LogP contribution is 2.27. The first-order chi connectivity index (χ1) is 10.9. The van der Waals surface area contributed by atoms with Gasteiger partial charge in [0.25, 0.3) is 5.91 Å². The van der Waals surface area contributed by atoms with E-state index in [0.29, 0.717) is 12.5 Å². The van der Waals surface area contributed by atoms with Crippen molar-refractivity contribution in [1.82, 2.24) is 10.0 Å². The summed E-state index contributed by atoms with van der Waals surface area (Å²) in [5.41, 5.74) is 5.02. The molecule has 1 unspecified atom stereocenters. The number of rotatable bonds is 8. The van der Waals surface area contributed by atoms with Gasteiger partial charge in [0.05, 0.1) is 0 Å². The highest BCUT2D eigenvalue weighted by molar-refractivity contribution is 7.89. The summed E-state index contributed by atoms with van der Waals surface area (Å²) < 4.78 is 32.6. The lowest BCUT2D eigenvalue weighted by atomic mass is 10.1. The maximum absolute atomic E-state index is 12.4. The zero-order valence-corrected chi connectivity index (χ0v) is 14.1. The van der Waals surface area contributed by atoms with Crippen molar-refractivity contribution in [2.45, 2.75) is 17.7 Å². The fourth-order valence-electron chi connectivity index (χ4n) is 2.40. The molecule has 0 spiro atoms. The molecule has 1 amide bonds. The Bertz CT molecular complexity index is 660. The molecule has 1 saturated heterocycles. The molecule has 1 atom stereocenters. The van der Waals surface area contributed by atoms with E-state index in [-0.39, 0.29) is 15.7 Å². The Morgan fingerprint density at radius 2 is 2.26 bits per heavy atom. The average molecular weight is 362 g/mol. The van der Waals surface area contributed by atoms with Gasteiger partial charge in [-0.25, -0.2) is 13.1 Å². The van der Waals surface area contributed by atoms with Crippen molar-refractivity contribution in [3.63, 3.8) is 0 Å². The predicted octanol–water partition coefficient (Wildman–Crippen LogP) is 0.482. The summed E-state index contributed by atoms with van der Waals surface area (Å²) in [5.74, 6) is -0.170. The quantitative estimate of drug-likeness (QED) is 0.623. The number of hydrogen-bond donors (Lipinski definition) is 3. The Kier molecular flexibility index (Phi) is 6.23. The second-order valence-corrected chi connectivity index (χ2v) is 7.56. The van der Waals surface area contributed by atoms with E-state index in [1.165, 1.54) is 18.2 Å². The van der Waals surface area contributed by atoms with Crippen LogP contribution in [0.25, 0.3) is 0 Å². The third kappa shape index (κ3) is 5.35. The van der Waals surface area contributed by atoms with Gasteiger partial charge >= 0.3 is 0 Å². The Balaban J connectivity index is 2.07. The second-order valence-electron chi connectivity index (χ2n) is 5.39. The number of benzene rings is 1. The largest absolute Gasteiger partial charge is 0.482 e. The van der Waals surface area contributed by atoms with Gasteiger partial charge in [-0.15, -0.1) is 0 Å². The number of sulfonamides is 1. The maximum Gasteiger partial charge on any atom is 0.255 e. The average Bonchev–Trinajstić information content (AvgIpc) is 2.99. The van der Waals surface area contributed by atoms with Crippen molar-refractivity contribution in [3.8, 4) is 5.75 Å². The first kappa shape index (κ1) is 18.0. The minimum Gasteiger partial charge on any atom is -0.482 e. The Morgan fingerprint density at radius 1 is 1.48 bits per heavy atom. The normalized spacial score (nSPS) is 18.0. The van der Waals surface area contributed by atoms with Gasteiger partial charge in [0.2, 0.25) is 10.0 Å². The molecule has 1 fully saturated rings. The summed E-state index contributed by atoms with van der Waals surface area (Å²) in [7, 11) is -3.78. The van der Waals surface area contributed by atoms with Crippen molar-refractivity contribution < 1.29 is 17.9 Å². The van der Waals surface area contributed by atoms with Crippen LogP contribution < -0.4 is 20.5 Å². The standard InChI is InChI=1S/C14H20ClN3O4S/c15-11-1-2-12(22-9-14(16)19)13(7-11)23(20,21)18-6-4-10-3-5-17-8-10/h1-2,7,10,17-18H,3-6,8-9H2,(H2,16,19). The smallest absolute Gasteiger partial charge is 0.255 e. The number of carbonyl (C=O) groups excluding carboxylic acids is 1. The van der Waals surface area contributed by atoms with Crippen LogP contribution in [0.3, 0.4) is 0 Å². The van der Waals surface area contributed by atoms with Gasteiger partial charge in [0.15, 0.2) is 6.61 Å². The van der Waals surface area contributed by atoms with Crippen LogP contribution in [-0.4, -0.2) is 40.6 Å². The lowest BCUT2D eigenvalue weighted by Crippen LogP contribution is -2.28. The van der Waals surface area contributed by atoms with Crippen molar-refractivity contribution in [2.75, 3.05) is 26.2 Å². The van der Waals surface area contributed by atoms with Gasteiger partial charge < -0.3 is 15.8 Å². The molecule has 128 valence electrons. The zero-order chi connectivity index (χ0) is 16.9. The van der Waals surface area contributed by atoms with Gasteiger partial charge in [-0.05, 0) is 50.0 Å². The molecule has 0 aromatic heterocycles. The van der Waals surface area contributed by atoms with E-state index in [0.717, 1.165) is 25.9 Å². The van der Waals surface area contributed by atoms with E-state index < -0.39 is 22.5 Å². The molecule has 1 aromatic carbocycles. The first-order valence-electron chi connectivity index (χ1n) is 7.29. The zero-order valence-electron chi connectivity index (χ0n) is 12.5. The second kappa shape index (κ2) is 7.96. The maximum atomic E-state index is 12.4. The third-order valence-electron chi connectivity index (χ3n) is 3.57. The van der Waals surface area contributed by atoms with Crippen LogP contribution in [0.2, 0.25) is 5.02 Å². The van der Waals surface area contributed by atoms with Crippen LogP contribution in [0.15, 0.2) is 23.1 Å². The minimum atomic E-state index is -3.78. The molecule has 1 heterocycles. The summed E-state index contributed by atoms with van der Waals surface area (Å²) in [4.78, 5) is 10.7. The monoisotopic (exact) mass is 361 g/mol. The van der Waals surface area contributed by atoms with Crippen LogP contribution in [0.5, 0.6) is 5.75 Å². The number of ether oxygens (including phenoxy) is 1. The topological polar surface area (TPSA) is 111 Å². The molecule has 1 aliphatic rings. The molecule has 0 aliphatic carbocycles. The molecule has 23 heavy (non-hydrogen) atoms. The lowest BCUT2D eigenvalue weighted by molar-refractivity contribution is -0.120. The number of halogens is 1. The predicted molar refractivity (Wildman–Crippen MR) is 86.9 cm³/mol. The third-order valence-corrected chi connectivity index (χ3v) is 5.29. The molecular weight excluding hydrogens is 342 g/mol. The van der Waals surface area contributed by atoms with Gasteiger partial charge in [0, 0.05) is 11.6 Å². The minimum absolute atomic E-state index is 0.0447. The Labute approximate surface area is 140 Å². The molecule has 2 rings (SSSR count). The van der Waals surface area contributed by atoms with Crippen LogP contribution in [-0.2, 0) is 14.8 Å². The fraction of sp³-hybridized carbons (Fsp3) is 0.500. The molecule has 0 radical (unpaired) electrons. The van der Waals surface area contributed by atoms with E-state index in [4.69, 9.17) is 22.1 Å². The number of amides is 1. The van der Waals surface area contributed by atoms with Gasteiger partial charge in [-0.2, -0.15) is 0 Å². The highest BCUT2D eigenvalue weighted by Gasteiger charge is 2.22. The molecule has 4 N–H and O–H groups in total. The highest BCUT2D eigenvalue weighted by atomic mass is 35.5. The van der Waals surface area contributed by atoms with Crippen molar-refractivity contribution in [1.29, 1.82) is 0 Å². The van der Waals surface area contributed by atoms with Gasteiger partial charge in [-0.3, -0.25) is 4.79 Å². The van der Waals surface area contributed by atoms with Gasteiger partial charge in [-0.1, -0.05) is 11.6 Å². The summed E-state index contributed by atoms with van der Waals surface area (Å²) in [6.45, 7) is 1.80. The SMILES string of the molecule is NC(=O)COc1ccc(Cl)cc1S(=O)(=O)NCCC1CCNC1. The van der Waals surface area contributed by atoms with Crippen LogP contribution in [0.4, 0.5) is 0 Å². The van der Waals surface area contributed by atoms with Crippen molar-refractivity contribution in [3.05, 3.63) is 23.2 Å². The first-order valence-corrected chi connectivity index (χ1v) is 9.15. The van der Waals surface area contributed by atoms with Crippen LogP contribution in [0, 0.1) is 5.92 Å². The van der Waals surface area contributed by atoms with Crippen LogP contribution in [0.1, 0.15) is 12.8 Å². The van der Waals surface area contributed by atoms with Crippen molar-refractivity contribution >= 4 is 27.5 Å². The molecule has 1 aliphatic heterocycles. The molecule has 7 nitrogen and oxygen atoms in total. The molecule has 9 heteroatoms. The summed E-state index contributed by atoms with van der Waals surface area (Å²) in [5, 5.41) is 3.50. The van der Waals surface area contributed by atoms with Crippen molar-refractivity contribution in [2.24, 2.45) is 11.7 Å². The van der Waals surface area contributed by atoms with E-state index in [9.17, 15) is 13.2 Å². The molecule has 1 aromatic rings. The number of carbonyl (C=O) groups is 1. The molecule has 0 bridgehead atoms. The number of primary amides is 1. The fourth-order valence-corrected chi connectivity index (χ4v) is 3.85. The Hall–Kier alpha value is -1.35. The Morgan fingerprint density at radius 3 is 2.91 bits per heavy atom. The van der Waals surface area contributed by atoms with E-state index in [2.05, 4.69) is 10.0 Å². The summed E-state index contributed by atoms with van der Waals surface area (Å²) >= 11 is 5.88. The number of nitrogens with two attached hydrogens (primary N) is 1. The van der Waals surface area contributed by atoms with E-state index >= 15 is 0 Å². The van der Waals surface area contributed by atoms with Crippen LogP contribution >= 0.6 is 11.6 Å². The molecular formula is C14H20ClN3O4S. The summed E-state index contributed by atoms with van der Waals surface area (Å²) in [6, 6.07) is 4.18. The molecule has 0 saturated carbocycles. The van der Waals surface area contributed by atoms with E-state index in [1.54, 1.807) is 0 Å². The summed E-state index contributed by atoms with van der Waals surface area (Å²) in [6.07, 6.45) is 1.80. The van der Waals surface area contributed by atoms with E-state index in [1.807, 2.05) is 0 Å². The van der Waals surface area contributed by atoms with Gasteiger partial charge in [0.1, 0.15) is 10.6 Å².